The Morgan fingerprint density at radius 2 is 1.70 bits per heavy atom. The first kappa shape index (κ1) is 24.3. The van der Waals surface area contributed by atoms with Crippen molar-refractivity contribution in [3.63, 3.8) is 0 Å². The minimum atomic E-state index is -0.781. The van der Waals surface area contributed by atoms with Crippen LogP contribution in [0.2, 0.25) is 5.02 Å². The number of nitrogens with zero attached hydrogens (tertiary/aromatic N) is 1. The predicted molar refractivity (Wildman–Crippen MR) is 145 cm³/mol. The summed E-state index contributed by atoms with van der Waals surface area (Å²) in [5.74, 6) is -0.969. The maximum absolute atomic E-state index is 13.6. The number of rotatable bonds is 5. The van der Waals surface area contributed by atoms with Crippen molar-refractivity contribution in [2.24, 2.45) is 0 Å². The molecule has 184 valence electrons. The minimum Gasteiger partial charge on any atom is -0.488 e. The number of halogens is 1. The van der Waals surface area contributed by atoms with Crippen molar-refractivity contribution in [3.8, 4) is 5.75 Å². The first-order valence-corrected chi connectivity index (χ1v) is 12.1. The number of nitrogens with one attached hydrogen (secondary N) is 1. The van der Waals surface area contributed by atoms with Crippen molar-refractivity contribution in [3.05, 3.63) is 112 Å². The van der Waals surface area contributed by atoms with Gasteiger partial charge in [0.15, 0.2) is 0 Å². The predicted octanol–water partition coefficient (Wildman–Crippen LogP) is 6.36. The molecule has 7 heteroatoms. The summed E-state index contributed by atoms with van der Waals surface area (Å²) in [6.07, 6.45) is 1.50. The van der Waals surface area contributed by atoms with E-state index in [4.69, 9.17) is 16.3 Å². The van der Waals surface area contributed by atoms with Gasteiger partial charge in [0.05, 0.1) is 5.69 Å². The van der Waals surface area contributed by atoms with Gasteiger partial charge in [-0.05, 0) is 71.7 Å². The number of carbonyl (C=O) groups is 3. The summed E-state index contributed by atoms with van der Waals surface area (Å²) in [6.45, 7) is 3.96. The standard InChI is InChI=1S/C30H23ClN2O4/c1-18-7-5-12-26(19(18)2)33-29(35)25(28(34)32-30(33)36)16-24-23-11-4-3-9-21(23)13-14-27(24)37-17-20-8-6-10-22(31)15-20/h3-16H,17H2,1-2H3,(H,32,34,36)/b25-16+. The Morgan fingerprint density at radius 3 is 2.51 bits per heavy atom. The van der Waals surface area contributed by atoms with Crippen LogP contribution in [0.5, 0.6) is 5.75 Å². The van der Waals surface area contributed by atoms with Crippen molar-refractivity contribution in [1.29, 1.82) is 0 Å². The van der Waals surface area contributed by atoms with Gasteiger partial charge in [-0.3, -0.25) is 14.9 Å². The number of hydrogen-bond donors (Lipinski definition) is 1. The normalized spacial score (nSPS) is 14.8. The molecule has 0 atom stereocenters. The zero-order valence-electron chi connectivity index (χ0n) is 20.2. The average Bonchev–Trinajstić information content (AvgIpc) is 2.88. The fourth-order valence-electron chi connectivity index (χ4n) is 4.34. The molecule has 1 saturated heterocycles. The first-order valence-electron chi connectivity index (χ1n) is 11.7. The number of fused-ring (bicyclic) bond motifs is 1. The van der Waals surface area contributed by atoms with E-state index in [1.165, 1.54) is 6.08 Å². The van der Waals surface area contributed by atoms with E-state index in [2.05, 4.69) is 5.32 Å². The molecule has 1 aliphatic rings. The van der Waals surface area contributed by atoms with Gasteiger partial charge in [0.2, 0.25) is 0 Å². The molecule has 4 aromatic rings. The van der Waals surface area contributed by atoms with Crippen LogP contribution < -0.4 is 15.0 Å². The number of hydrogen-bond acceptors (Lipinski definition) is 4. The van der Waals surface area contributed by atoms with Gasteiger partial charge < -0.3 is 4.74 Å². The minimum absolute atomic E-state index is 0.163. The smallest absolute Gasteiger partial charge is 0.335 e. The SMILES string of the molecule is Cc1cccc(N2C(=O)NC(=O)/C(=C\c3c(OCc4cccc(Cl)c4)ccc4ccccc34)C2=O)c1C. The number of carbonyl (C=O) groups excluding carboxylic acids is 3. The third-order valence-corrected chi connectivity index (χ3v) is 6.66. The molecule has 5 rings (SSSR count). The van der Waals surface area contributed by atoms with Crippen LogP contribution >= 0.6 is 11.6 Å². The van der Waals surface area contributed by atoms with E-state index in [-0.39, 0.29) is 12.2 Å². The lowest BCUT2D eigenvalue weighted by atomic mass is 9.99. The van der Waals surface area contributed by atoms with E-state index in [1.54, 1.807) is 24.3 Å². The summed E-state index contributed by atoms with van der Waals surface area (Å²) in [5, 5.41) is 4.62. The lowest BCUT2D eigenvalue weighted by molar-refractivity contribution is -0.122. The summed E-state index contributed by atoms with van der Waals surface area (Å²) < 4.78 is 6.14. The molecule has 6 nitrogen and oxygen atoms in total. The fourth-order valence-corrected chi connectivity index (χ4v) is 4.55. The van der Waals surface area contributed by atoms with E-state index >= 15 is 0 Å². The van der Waals surface area contributed by atoms with Crippen LogP contribution in [-0.4, -0.2) is 17.8 Å². The maximum Gasteiger partial charge on any atom is 0.335 e. The van der Waals surface area contributed by atoms with Gasteiger partial charge in [0, 0.05) is 10.6 Å². The molecule has 1 N–H and O–H groups in total. The molecule has 0 aliphatic carbocycles. The van der Waals surface area contributed by atoms with Crippen LogP contribution in [-0.2, 0) is 16.2 Å². The highest BCUT2D eigenvalue weighted by Gasteiger charge is 2.37. The van der Waals surface area contributed by atoms with Crippen molar-refractivity contribution < 1.29 is 19.1 Å². The van der Waals surface area contributed by atoms with Crippen molar-refractivity contribution >= 4 is 52.0 Å². The van der Waals surface area contributed by atoms with Crippen molar-refractivity contribution in [2.75, 3.05) is 4.90 Å². The number of amides is 4. The van der Waals surface area contributed by atoms with Crippen LogP contribution in [0, 0.1) is 13.8 Å². The van der Waals surface area contributed by atoms with Gasteiger partial charge in [0.25, 0.3) is 11.8 Å². The van der Waals surface area contributed by atoms with E-state index < -0.39 is 17.8 Å². The lowest BCUT2D eigenvalue weighted by Gasteiger charge is -2.28. The lowest BCUT2D eigenvalue weighted by Crippen LogP contribution is -2.54. The van der Waals surface area contributed by atoms with Crippen LogP contribution in [0.15, 0.2) is 84.4 Å². The number of ether oxygens (including phenoxy) is 1. The molecule has 4 amide bonds. The van der Waals surface area contributed by atoms with Crippen LogP contribution in [0.3, 0.4) is 0 Å². The highest BCUT2D eigenvalue weighted by atomic mass is 35.5. The van der Waals surface area contributed by atoms with Gasteiger partial charge in [-0.2, -0.15) is 0 Å². The summed E-state index contributed by atoms with van der Waals surface area (Å²) in [6, 6.07) is 23.2. The molecular weight excluding hydrogens is 488 g/mol. The Bertz CT molecular complexity index is 1610. The molecule has 0 unspecified atom stereocenters. The quantitative estimate of drug-likeness (QED) is 0.250. The zero-order chi connectivity index (χ0) is 26.1. The van der Waals surface area contributed by atoms with Crippen LogP contribution in [0.1, 0.15) is 22.3 Å². The molecule has 0 spiro atoms. The van der Waals surface area contributed by atoms with Gasteiger partial charge in [-0.1, -0.05) is 66.2 Å². The number of benzene rings is 4. The molecule has 0 aromatic heterocycles. The fraction of sp³-hybridized carbons (Fsp3) is 0.100. The Kier molecular flexibility index (Phi) is 6.51. The Labute approximate surface area is 219 Å². The second kappa shape index (κ2) is 9.91. The topological polar surface area (TPSA) is 75.7 Å². The third kappa shape index (κ3) is 4.71. The third-order valence-electron chi connectivity index (χ3n) is 6.42. The molecule has 0 radical (unpaired) electrons. The molecule has 0 bridgehead atoms. The van der Waals surface area contributed by atoms with E-state index in [0.717, 1.165) is 32.4 Å². The Morgan fingerprint density at radius 1 is 0.919 bits per heavy atom. The zero-order valence-corrected chi connectivity index (χ0v) is 21.0. The summed E-state index contributed by atoms with van der Waals surface area (Å²) >= 11 is 6.11. The van der Waals surface area contributed by atoms with E-state index in [0.29, 0.717) is 22.0 Å². The highest BCUT2D eigenvalue weighted by Crippen LogP contribution is 2.33. The monoisotopic (exact) mass is 510 g/mol. The summed E-state index contributed by atoms with van der Waals surface area (Å²) in [4.78, 5) is 40.3. The molecule has 37 heavy (non-hydrogen) atoms. The average molecular weight is 511 g/mol. The van der Waals surface area contributed by atoms with Gasteiger partial charge in [-0.15, -0.1) is 0 Å². The number of urea groups is 1. The maximum atomic E-state index is 13.6. The second-order valence-corrected chi connectivity index (χ2v) is 9.23. The largest absolute Gasteiger partial charge is 0.488 e. The Balaban J connectivity index is 1.60. The number of imide groups is 2. The summed E-state index contributed by atoms with van der Waals surface area (Å²) in [7, 11) is 0. The number of aryl methyl sites for hydroxylation is 1. The van der Waals surface area contributed by atoms with Crippen molar-refractivity contribution in [2.45, 2.75) is 20.5 Å². The van der Waals surface area contributed by atoms with E-state index in [9.17, 15) is 14.4 Å². The van der Waals surface area contributed by atoms with Crippen molar-refractivity contribution in [1.82, 2.24) is 5.32 Å². The van der Waals surface area contributed by atoms with Gasteiger partial charge >= 0.3 is 6.03 Å². The number of barbiturate groups is 1. The second-order valence-electron chi connectivity index (χ2n) is 8.79. The van der Waals surface area contributed by atoms with Crippen LogP contribution in [0.25, 0.3) is 16.8 Å². The molecule has 4 aromatic carbocycles. The molecule has 1 fully saturated rings. The highest BCUT2D eigenvalue weighted by molar-refractivity contribution is 6.39. The van der Waals surface area contributed by atoms with Gasteiger partial charge in [0.1, 0.15) is 17.9 Å². The molecule has 0 saturated carbocycles. The molecule has 1 heterocycles. The Hall–Kier alpha value is -4.42. The first-order chi connectivity index (χ1) is 17.8. The molecular formula is C30H23ClN2O4. The van der Waals surface area contributed by atoms with Crippen LogP contribution in [0.4, 0.5) is 10.5 Å². The molecule has 1 aliphatic heterocycles. The number of anilines is 1. The van der Waals surface area contributed by atoms with E-state index in [1.807, 2.05) is 68.4 Å². The summed E-state index contributed by atoms with van der Waals surface area (Å²) in [5.41, 5.74) is 3.40. The van der Waals surface area contributed by atoms with Gasteiger partial charge in [-0.25, -0.2) is 9.69 Å².